The van der Waals surface area contributed by atoms with Crippen LogP contribution in [0.2, 0.25) is 0 Å². The molecule has 0 unspecified atom stereocenters. The van der Waals surface area contributed by atoms with Gasteiger partial charge in [0, 0.05) is 57.1 Å². The van der Waals surface area contributed by atoms with E-state index in [1.54, 1.807) is 24.6 Å². The number of methoxy groups -OCH3 is 1. The van der Waals surface area contributed by atoms with E-state index in [1.165, 1.54) is 4.88 Å². The quantitative estimate of drug-likeness (QED) is 0.759. The maximum absolute atomic E-state index is 5.14. The molecule has 0 aromatic carbocycles. The van der Waals surface area contributed by atoms with E-state index in [0.717, 1.165) is 55.5 Å². The number of hydrogen-bond acceptors (Lipinski definition) is 6. The third-order valence-corrected chi connectivity index (χ3v) is 5.17. The fraction of sp³-hybridized carbons (Fsp3) is 0.571. The smallest absolute Gasteiger partial charge is 0.185 e. The van der Waals surface area contributed by atoms with Gasteiger partial charge < -0.3 is 9.64 Å². The fourth-order valence-corrected chi connectivity index (χ4v) is 3.77. The first-order valence-corrected chi connectivity index (χ1v) is 8.94. The fourth-order valence-electron chi connectivity index (χ4n) is 2.48. The van der Waals surface area contributed by atoms with Gasteiger partial charge >= 0.3 is 0 Å². The molecule has 0 N–H and O–H groups in total. The average Bonchev–Trinajstić information content (AvgIpc) is 3.15. The second-order valence-corrected chi connectivity index (χ2v) is 7.30. The van der Waals surface area contributed by atoms with Crippen LogP contribution in [-0.4, -0.2) is 66.1 Å². The molecule has 1 aliphatic rings. The Labute approximate surface area is 142 Å². The molecule has 0 aliphatic carbocycles. The van der Waals surface area contributed by atoms with Gasteiger partial charge in [0.1, 0.15) is 0 Å². The molecule has 0 saturated carbocycles. The highest BCUT2D eigenvalue weighted by atomic mass is 79.9. The van der Waals surface area contributed by atoms with E-state index in [-0.39, 0.29) is 0 Å². The average molecular weight is 386 g/mol. The summed E-state index contributed by atoms with van der Waals surface area (Å²) >= 11 is 5.18. The lowest BCUT2D eigenvalue weighted by Crippen LogP contribution is -2.47. The van der Waals surface area contributed by atoms with Gasteiger partial charge in [0.05, 0.1) is 23.8 Å². The number of rotatable bonds is 6. The maximum Gasteiger partial charge on any atom is 0.185 e. The molecule has 1 saturated heterocycles. The molecule has 0 radical (unpaired) electrons. The van der Waals surface area contributed by atoms with E-state index in [2.05, 4.69) is 35.8 Å². The van der Waals surface area contributed by atoms with Crippen molar-refractivity contribution in [3.8, 4) is 0 Å². The summed E-state index contributed by atoms with van der Waals surface area (Å²) in [5.41, 5.74) is 0. The molecule has 0 amide bonds. The van der Waals surface area contributed by atoms with Crippen LogP contribution in [0, 0.1) is 0 Å². The number of nitrogens with zero attached hydrogens (tertiary/aromatic N) is 5. The molecule has 8 heteroatoms. The van der Waals surface area contributed by atoms with Crippen molar-refractivity contribution in [2.24, 2.45) is 0 Å². The predicted molar refractivity (Wildman–Crippen MR) is 91.7 cm³/mol. The predicted octanol–water partition coefficient (Wildman–Crippen LogP) is 1.92. The van der Waals surface area contributed by atoms with Crippen molar-refractivity contribution in [2.75, 3.05) is 51.3 Å². The van der Waals surface area contributed by atoms with E-state index < -0.39 is 0 Å². The largest absolute Gasteiger partial charge is 0.383 e. The van der Waals surface area contributed by atoms with E-state index in [9.17, 15) is 0 Å². The summed E-state index contributed by atoms with van der Waals surface area (Å²) in [7, 11) is 1.76. The molecule has 0 spiro atoms. The van der Waals surface area contributed by atoms with Crippen LogP contribution in [0.5, 0.6) is 0 Å². The lowest BCUT2D eigenvalue weighted by Gasteiger charge is -2.34. The second-order valence-electron chi connectivity index (χ2n) is 5.29. The summed E-state index contributed by atoms with van der Waals surface area (Å²) in [4.78, 5) is 10.6. The maximum atomic E-state index is 5.14. The van der Waals surface area contributed by atoms with Gasteiger partial charge in [-0.1, -0.05) is 11.3 Å². The summed E-state index contributed by atoms with van der Waals surface area (Å²) in [5.74, 6) is 0. The number of hydrogen-bond donors (Lipinski definition) is 0. The summed E-state index contributed by atoms with van der Waals surface area (Å²) in [6, 6.07) is 0. The first-order valence-electron chi connectivity index (χ1n) is 7.33. The van der Waals surface area contributed by atoms with Gasteiger partial charge in [-0.15, -0.1) is 0 Å². The van der Waals surface area contributed by atoms with Crippen molar-refractivity contribution in [1.29, 1.82) is 0 Å². The van der Waals surface area contributed by atoms with E-state index in [1.807, 2.05) is 17.1 Å². The van der Waals surface area contributed by atoms with Crippen LogP contribution in [-0.2, 0) is 11.3 Å². The van der Waals surface area contributed by atoms with Gasteiger partial charge in [-0.3, -0.25) is 9.58 Å². The number of thiazole rings is 1. The van der Waals surface area contributed by atoms with Crippen molar-refractivity contribution < 1.29 is 4.74 Å². The van der Waals surface area contributed by atoms with Crippen molar-refractivity contribution >= 4 is 32.4 Å². The standard InChI is InChI=1S/C14H20BrN5OS/c1-21-7-6-18-2-4-19(5-3-18)14-16-9-13(22-14)11-20-10-12(15)8-17-20/h8-10H,2-7,11H2,1H3. The Morgan fingerprint density at radius 1 is 1.27 bits per heavy atom. The zero-order valence-electron chi connectivity index (χ0n) is 12.6. The third-order valence-electron chi connectivity index (χ3n) is 3.72. The lowest BCUT2D eigenvalue weighted by molar-refractivity contribution is 0.144. The SMILES string of the molecule is COCCN1CCN(c2ncc(Cn3cc(Br)cn3)s2)CC1. The molecule has 1 fully saturated rings. The van der Waals surface area contributed by atoms with Gasteiger partial charge in [-0.05, 0) is 15.9 Å². The Balaban J connectivity index is 1.53. The van der Waals surface area contributed by atoms with E-state index in [4.69, 9.17) is 4.74 Å². The minimum Gasteiger partial charge on any atom is -0.383 e. The molecule has 3 heterocycles. The topological polar surface area (TPSA) is 46.4 Å². The number of halogens is 1. The molecule has 6 nitrogen and oxygen atoms in total. The summed E-state index contributed by atoms with van der Waals surface area (Å²) in [5, 5.41) is 5.41. The number of ether oxygens (including phenoxy) is 1. The van der Waals surface area contributed by atoms with Crippen molar-refractivity contribution in [1.82, 2.24) is 19.7 Å². The minimum absolute atomic E-state index is 0.775. The van der Waals surface area contributed by atoms with Gasteiger partial charge in [0.2, 0.25) is 0 Å². The third kappa shape index (κ3) is 4.07. The number of aromatic nitrogens is 3. The molecule has 120 valence electrons. The van der Waals surface area contributed by atoms with Crippen molar-refractivity contribution in [3.05, 3.63) is 27.9 Å². The molecule has 2 aromatic rings. The van der Waals surface area contributed by atoms with Crippen molar-refractivity contribution in [2.45, 2.75) is 6.54 Å². The lowest BCUT2D eigenvalue weighted by atomic mass is 10.3. The first-order chi connectivity index (χ1) is 10.7. The van der Waals surface area contributed by atoms with Crippen LogP contribution < -0.4 is 4.90 Å². The minimum atomic E-state index is 0.775. The molecule has 2 aromatic heterocycles. The Morgan fingerprint density at radius 2 is 2.09 bits per heavy atom. The molecular weight excluding hydrogens is 366 g/mol. The Bertz CT molecular complexity index is 594. The molecule has 22 heavy (non-hydrogen) atoms. The second kappa shape index (κ2) is 7.54. The first kappa shape index (κ1) is 15.9. The summed E-state index contributed by atoms with van der Waals surface area (Å²) < 4.78 is 8.07. The van der Waals surface area contributed by atoms with Crippen LogP contribution in [0.3, 0.4) is 0 Å². The monoisotopic (exact) mass is 385 g/mol. The van der Waals surface area contributed by atoms with Gasteiger partial charge in [-0.2, -0.15) is 5.10 Å². The molecular formula is C14H20BrN5OS. The van der Waals surface area contributed by atoms with E-state index >= 15 is 0 Å². The Morgan fingerprint density at radius 3 is 2.77 bits per heavy atom. The van der Waals surface area contributed by atoms with Gasteiger partial charge in [0.15, 0.2) is 5.13 Å². The molecule has 1 aliphatic heterocycles. The summed E-state index contributed by atoms with van der Waals surface area (Å²) in [6.07, 6.45) is 5.75. The molecule has 0 bridgehead atoms. The zero-order chi connectivity index (χ0) is 15.4. The highest BCUT2D eigenvalue weighted by Crippen LogP contribution is 2.24. The number of anilines is 1. The highest BCUT2D eigenvalue weighted by Gasteiger charge is 2.19. The Kier molecular flexibility index (Phi) is 5.46. The zero-order valence-corrected chi connectivity index (χ0v) is 15.0. The van der Waals surface area contributed by atoms with Crippen LogP contribution in [0.25, 0.3) is 0 Å². The van der Waals surface area contributed by atoms with Gasteiger partial charge in [0.25, 0.3) is 0 Å². The summed E-state index contributed by atoms with van der Waals surface area (Å²) in [6.45, 7) is 6.81. The van der Waals surface area contributed by atoms with Crippen molar-refractivity contribution in [3.63, 3.8) is 0 Å². The van der Waals surface area contributed by atoms with Crippen LogP contribution in [0.15, 0.2) is 23.1 Å². The highest BCUT2D eigenvalue weighted by molar-refractivity contribution is 9.10. The number of piperazine rings is 1. The van der Waals surface area contributed by atoms with Gasteiger partial charge in [-0.25, -0.2) is 4.98 Å². The van der Waals surface area contributed by atoms with E-state index in [0.29, 0.717) is 0 Å². The van der Waals surface area contributed by atoms with Crippen LogP contribution >= 0.6 is 27.3 Å². The molecule has 3 rings (SSSR count). The Hall–Kier alpha value is -0.960. The molecule has 0 atom stereocenters. The van der Waals surface area contributed by atoms with Crippen LogP contribution in [0.1, 0.15) is 4.88 Å². The van der Waals surface area contributed by atoms with Crippen LogP contribution in [0.4, 0.5) is 5.13 Å². The normalized spacial score (nSPS) is 16.4.